The molecule has 0 aromatic rings. The maximum atomic E-state index is 12.2. The number of rotatable bonds is 2. The first-order valence-corrected chi connectivity index (χ1v) is 6.11. The van der Waals surface area contributed by atoms with Gasteiger partial charge in [-0.15, -0.1) is 0 Å². The molecule has 2 amide bonds. The molecule has 1 fully saturated rings. The molecule has 0 aromatic heterocycles. The molecule has 5 heteroatoms. The Kier molecular flexibility index (Phi) is 3.66. The van der Waals surface area contributed by atoms with Gasteiger partial charge in [0.05, 0.1) is 6.42 Å². The first kappa shape index (κ1) is 12.0. The molecule has 1 saturated heterocycles. The topological polar surface area (TPSA) is 60.9 Å². The molecule has 0 radical (unpaired) electrons. The van der Waals surface area contributed by atoms with Gasteiger partial charge in [-0.3, -0.25) is 4.79 Å². The average molecular weight is 238 g/mol. The standard InChI is InChI=1S/C12H18N2O3/c15-11(16)9-10-5-4-8-14(10)12(17)13-6-2-1-3-7-13/h1-2,10H,3-9H2,(H,15,16). The molecule has 0 aromatic carbocycles. The minimum Gasteiger partial charge on any atom is -0.481 e. The SMILES string of the molecule is O=C(O)CC1CCCN1C(=O)N1CC=CCC1. The second kappa shape index (κ2) is 5.21. The monoisotopic (exact) mass is 238 g/mol. The van der Waals surface area contributed by atoms with Crippen molar-refractivity contribution in [3.63, 3.8) is 0 Å². The highest BCUT2D eigenvalue weighted by atomic mass is 16.4. The molecular weight excluding hydrogens is 220 g/mol. The van der Waals surface area contributed by atoms with Crippen LogP contribution in [0.15, 0.2) is 12.2 Å². The lowest BCUT2D eigenvalue weighted by molar-refractivity contribution is -0.138. The number of urea groups is 1. The van der Waals surface area contributed by atoms with E-state index in [4.69, 9.17) is 5.11 Å². The molecule has 2 aliphatic rings. The van der Waals surface area contributed by atoms with E-state index in [1.165, 1.54) is 0 Å². The summed E-state index contributed by atoms with van der Waals surface area (Å²) >= 11 is 0. The molecule has 0 aliphatic carbocycles. The molecule has 1 N–H and O–H groups in total. The van der Waals surface area contributed by atoms with Gasteiger partial charge in [0.2, 0.25) is 0 Å². The van der Waals surface area contributed by atoms with Crippen LogP contribution in [0.3, 0.4) is 0 Å². The molecule has 0 saturated carbocycles. The zero-order valence-electron chi connectivity index (χ0n) is 9.84. The quantitative estimate of drug-likeness (QED) is 0.738. The fourth-order valence-corrected chi connectivity index (χ4v) is 2.50. The van der Waals surface area contributed by atoms with E-state index in [0.29, 0.717) is 13.1 Å². The summed E-state index contributed by atoms with van der Waals surface area (Å²) in [4.78, 5) is 26.5. The summed E-state index contributed by atoms with van der Waals surface area (Å²) in [6.45, 7) is 2.08. The Bertz CT molecular complexity index is 341. The Morgan fingerprint density at radius 1 is 1.29 bits per heavy atom. The van der Waals surface area contributed by atoms with Crippen LogP contribution in [-0.4, -0.2) is 52.6 Å². The van der Waals surface area contributed by atoms with Gasteiger partial charge in [-0.25, -0.2) is 4.79 Å². The van der Waals surface area contributed by atoms with Crippen molar-refractivity contribution in [3.8, 4) is 0 Å². The Morgan fingerprint density at radius 3 is 2.76 bits per heavy atom. The van der Waals surface area contributed by atoms with Crippen LogP contribution >= 0.6 is 0 Å². The smallest absolute Gasteiger partial charge is 0.320 e. The Balaban J connectivity index is 1.97. The lowest BCUT2D eigenvalue weighted by atomic mass is 10.1. The van der Waals surface area contributed by atoms with Crippen LogP contribution in [-0.2, 0) is 4.79 Å². The summed E-state index contributed by atoms with van der Waals surface area (Å²) in [5.41, 5.74) is 0. The number of carbonyl (C=O) groups is 2. The fraction of sp³-hybridized carbons (Fsp3) is 0.667. The summed E-state index contributed by atoms with van der Waals surface area (Å²) in [5.74, 6) is -0.826. The first-order chi connectivity index (χ1) is 8.18. The maximum absolute atomic E-state index is 12.2. The van der Waals surface area contributed by atoms with E-state index < -0.39 is 5.97 Å². The second-order valence-corrected chi connectivity index (χ2v) is 4.58. The van der Waals surface area contributed by atoms with E-state index in [-0.39, 0.29) is 18.5 Å². The minimum absolute atomic E-state index is 0.00176. The molecule has 2 rings (SSSR count). The molecule has 2 aliphatic heterocycles. The number of nitrogens with zero attached hydrogens (tertiary/aromatic N) is 2. The Labute approximate surface area is 101 Å². The molecule has 1 unspecified atom stereocenters. The van der Waals surface area contributed by atoms with Gasteiger partial charge in [-0.1, -0.05) is 12.2 Å². The minimum atomic E-state index is -0.826. The highest BCUT2D eigenvalue weighted by Crippen LogP contribution is 2.22. The third-order valence-electron chi connectivity index (χ3n) is 3.36. The maximum Gasteiger partial charge on any atom is 0.320 e. The van der Waals surface area contributed by atoms with Crippen molar-refractivity contribution < 1.29 is 14.7 Å². The Morgan fingerprint density at radius 2 is 2.12 bits per heavy atom. The molecular formula is C12H18N2O3. The van der Waals surface area contributed by atoms with Crippen molar-refractivity contribution >= 4 is 12.0 Å². The van der Waals surface area contributed by atoms with E-state index in [2.05, 4.69) is 6.08 Å². The number of carboxylic acid groups (broad SMARTS) is 1. The van der Waals surface area contributed by atoms with Crippen molar-refractivity contribution in [3.05, 3.63) is 12.2 Å². The predicted molar refractivity (Wildman–Crippen MR) is 62.7 cm³/mol. The lowest BCUT2D eigenvalue weighted by Crippen LogP contribution is -2.47. The average Bonchev–Trinajstić information content (AvgIpc) is 2.76. The summed E-state index contributed by atoms with van der Waals surface area (Å²) in [6.07, 6.45) is 6.74. The van der Waals surface area contributed by atoms with Gasteiger partial charge in [0, 0.05) is 25.7 Å². The van der Waals surface area contributed by atoms with Gasteiger partial charge in [0.25, 0.3) is 0 Å². The normalized spacial score (nSPS) is 24.1. The van der Waals surface area contributed by atoms with Crippen LogP contribution in [0.5, 0.6) is 0 Å². The third kappa shape index (κ3) is 2.78. The van der Waals surface area contributed by atoms with E-state index >= 15 is 0 Å². The van der Waals surface area contributed by atoms with Crippen LogP contribution in [0.4, 0.5) is 4.79 Å². The van der Waals surface area contributed by atoms with Gasteiger partial charge >= 0.3 is 12.0 Å². The number of hydrogen-bond donors (Lipinski definition) is 1. The lowest BCUT2D eigenvalue weighted by Gasteiger charge is -2.31. The Hall–Kier alpha value is -1.52. The number of carbonyl (C=O) groups excluding carboxylic acids is 1. The fourth-order valence-electron chi connectivity index (χ4n) is 2.50. The molecule has 0 bridgehead atoms. The van der Waals surface area contributed by atoms with Gasteiger partial charge in [0.1, 0.15) is 0 Å². The van der Waals surface area contributed by atoms with Crippen molar-refractivity contribution in [2.24, 2.45) is 0 Å². The highest BCUT2D eigenvalue weighted by molar-refractivity contribution is 5.77. The van der Waals surface area contributed by atoms with Crippen LogP contribution in [0, 0.1) is 0 Å². The van der Waals surface area contributed by atoms with Gasteiger partial charge in [-0.05, 0) is 19.3 Å². The molecule has 0 spiro atoms. The molecule has 94 valence electrons. The van der Waals surface area contributed by atoms with Crippen molar-refractivity contribution in [2.75, 3.05) is 19.6 Å². The van der Waals surface area contributed by atoms with Crippen molar-refractivity contribution in [1.82, 2.24) is 9.80 Å². The first-order valence-electron chi connectivity index (χ1n) is 6.11. The van der Waals surface area contributed by atoms with E-state index in [0.717, 1.165) is 25.8 Å². The van der Waals surface area contributed by atoms with Crippen LogP contribution in [0.25, 0.3) is 0 Å². The number of aliphatic carboxylic acids is 1. The van der Waals surface area contributed by atoms with E-state index in [1.54, 1.807) is 9.80 Å². The zero-order chi connectivity index (χ0) is 12.3. The van der Waals surface area contributed by atoms with E-state index in [1.807, 2.05) is 6.08 Å². The number of amides is 2. The summed E-state index contributed by atoms with van der Waals surface area (Å²) in [7, 11) is 0. The van der Waals surface area contributed by atoms with Crippen molar-refractivity contribution in [1.29, 1.82) is 0 Å². The van der Waals surface area contributed by atoms with Crippen LogP contribution in [0.1, 0.15) is 25.7 Å². The largest absolute Gasteiger partial charge is 0.481 e. The zero-order valence-corrected chi connectivity index (χ0v) is 9.84. The van der Waals surface area contributed by atoms with Gasteiger partial charge in [0.15, 0.2) is 0 Å². The molecule has 2 heterocycles. The number of likely N-dealkylation sites (tertiary alicyclic amines) is 1. The third-order valence-corrected chi connectivity index (χ3v) is 3.36. The summed E-state index contributed by atoms with van der Waals surface area (Å²) in [6, 6.07) is -0.121. The van der Waals surface area contributed by atoms with Gasteiger partial charge in [-0.2, -0.15) is 0 Å². The molecule has 1 atom stereocenters. The summed E-state index contributed by atoms with van der Waals surface area (Å²) < 4.78 is 0. The second-order valence-electron chi connectivity index (χ2n) is 4.58. The molecule has 17 heavy (non-hydrogen) atoms. The van der Waals surface area contributed by atoms with Crippen LogP contribution in [0.2, 0.25) is 0 Å². The van der Waals surface area contributed by atoms with Crippen molar-refractivity contribution in [2.45, 2.75) is 31.7 Å². The molecule has 5 nitrogen and oxygen atoms in total. The predicted octanol–water partition coefficient (Wildman–Crippen LogP) is 1.31. The highest BCUT2D eigenvalue weighted by Gasteiger charge is 2.32. The van der Waals surface area contributed by atoms with Gasteiger partial charge < -0.3 is 14.9 Å². The summed E-state index contributed by atoms with van der Waals surface area (Å²) in [5, 5.41) is 8.82. The number of hydrogen-bond acceptors (Lipinski definition) is 2. The van der Waals surface area contributed by atoms with E-state index in [9.17, 15) is 9.59 Å². The van der Waals surface area contributed by atoms with Crippen LogP contribution < -0.4 is 0 Å². The number of carboxylic acids is 1.